The van der Waals surface area contributed by atoms with Crippen molar-refractivity contribution < 1.29 is 9.59 Å². The van der Waals surface area contributed by atoms with Crippen LogP contribution in [0.15, 0.2) is 54.6 Å². The van der Waals surface area contributed by atoms with Crippen molar-refractivity contribution in [2.75, 3.05) is 5.32 Å². The molecular formula is C19H18N4O2S. The maximum atomic E-state index is 12.5. The van der Waals surface area contributed by atoms with E-state index in [1.165, 1.54) is 11.3 Å². The summed E-state index contributed by atoms with van der Waals surface area (Å²) >= 11 is 1.22. The van der Waals surface area contributed by atoms with Gasteiger partial charge >= 0.3 is 0 Å². The lowest BCUT2D eigenvalue weighted by Crippen LogP contribution is -2.26. The van der Waals surface area contributed by atoms with Crippen LogP contribution >= 0.6 is 11.3 Å². The van der Waals surface area contributed by atoms with E-state index in [1.807, 2.05) is 37.3 Å². The fourth-order valence-electron chi connectivity index (χ4n) is 2.42. The molecule has 3 rings (SSSR count). The van der Waals surface area contributed by atoms with Gasteiger partial charge < -0.3 is 10.6 Å². The number of nitrogens with zero attached hydrogens (tertiary/aromatic N) is 2. The van der Waals surface area contributed by atoms with Gasteiger partial charge in [-0.25, -0.2) is 0 Å². The average Bonchev–Trinajstić information content (AvgIpc) is 3.09. The summed E-state index contributed by atoms with van der Waals surface area (Å²) in [5.41, 5.74) is 2.03. The minimum absolute atomic E-state index is 0.119. The van der Waals surface area contributed by atoms with Crippen molar-refractivity contribution in [1.29, 1.82) is 0 Å². The van der Waals surface area contributed by atoms with Gasteiger partial charge in [-0.05, 0) is 37.6 Å². The standard InChI is InChI=1S/C19H18N4O2S/c1-12(14-7-4-3-5-8-14)20-17(24)15-9-6-10-16(11-15)21-18(25)19-23-22-13(2)26-19/h3-12H,1-2H3,(H,20,24)(H,21,25)/t12-/m0/s1. The van der Waals surface area contributed by atoms with Gasteiger partial charge in [0, 0.05) is 11.3 Å². The summed E-state index contributed by atoms with van der Waals surface area (Å²) in [6.07, 6.45) is 0. The summed E-state index contributed by atoms with van der Waals surface area (Å²) in [5, 5.41) is 14.4. The van der Waals surface area contributed by atoms with E-state index >= 15 is 0 Å². The Morgan fingerprint density at radius 2 is 1.77 bits per heavy atom. The largest absolute Gasteiger partial charge is 0.346 e. The normalized spacial score (nSPS) is 11.6. The first-order chi connectivity index (χ1) is 12.5. The molecule has 132 valence electrons. The Morgan fingerprint density at radius 3 is 2.46 bits per heavy atom. The molecule has 1 aromatic heterocycles. The van der Waals surface area contributed by atoms with Gasteiger partial charge in [0.2, 0.25) is 5.01 Å². The highest BCUT2D eigenvalue weighted by molar-refractivity contribution is 7.13. The number of hydrogen-bond acceptors (Lipinski definition) is 5. The summed E-state index contributed by atoms with van der Waals surface area (Å²) < 4.78 is 0. The molecule has 2 N–H and O–H groups in total. The summed E-state index contributed by atoms with van der Waals surface area (Å²) in [7, 11) is 0. The predicted octanol–water partition coefficient (Wildman–Crippen LogP) is 3.59. The molecule has 0 aliphatic heterocycles. The Hall–Kier alpha value is -3.06. The zero-order valence-corrected chi connectivity index (χ0v) is 15.2. The van der Waals surface area contributed by atoms with Gasteiger partial charge in [-0.3, -0.25) is 9.59 Å². The lowest BCUT2D eigenvalue weighted by Gasteiger charge is -2.14. The first-order valence-corrected chi connectivity index (χ1v) is 8.92. The molecule has 0 saturated heterocycles. The minimum atomic E-state index is -0.342. The second kappa shape index (κ2) is 7.88. The number of carbonyl (C=O) groups excluding carboxylic acids is 2. The van der Waals surface area contributed by atoms with Crippen LogP contribution in [0, 0.1) is 6.92 Å². The highest BCUT2D eigenvalue weighted by Gasteiger charge is 2.14. The van der Waals surface area contributed by atoms with Crippen LogP contribution in [0.5, 0.6) is 0 Å². The van der Waals surface area contributed by atoms with E-state index in [-0.39, 0.29) is 22.9 Å². The average molecular weight is 366 g/mol. The molecule has 2 amide bonds. The van der Waals surface area contributed by atoms with Crippen molar-refractivity contribution in [3.8, 4) is 0 Å². The zero-order chi connectivity index (χ0) is 18.5. The third kappa shape index (κ3) is 4.31. The molecule has 0 radical (unpaired) electrons. The van der Waals surface area contributed by atoms with Gasteiger partial charge in [-0.1, -0.05) is 47.7 Å². The van der Waals surface area contributed by atoms with E-state index in [4.69, 9.17) is 0 Å². The summed E-state index contributed by atoms with van der Waals surface area (Å²) in [5.74, 6) is -0.546. The predicted molar refractivity (Wildman–Crippen MR) is 101 cm³/mol. The Bertz CT molecular complexity index is 924. The van der Waals surface area contributed by atoms with Crippen LogP contribution in [0.2, 0.25) is 0 Å². The van der Waals surface area contributed by atoms with Gasteiger partial charge in [-0.2, -0.15) is 0 Å². The van der Waals surface area contributed by atoms with Crippen molar-refractivity contribution in [3.63, 3.8) is 0 Å². The summed E-state index contributed by atoms with van der Waals surface area (Å²) in [6, 6.07) is 16.4. The molecule has 1 atom stereocenters. The summed E-state index contributed by atoms with van der Waals surface area (Å²) in [4.78, 5) is 24.7. The second-order valence-corrected chi connectivity index (χ2v) is 6.95. The van der Waals surface area contributed by atoms with Crippen LogP contribution in [-0.4, -0.2) is 22.0 Å². The van der Waals surface area contributed by atoms with Crippen LogP contribution < -0.4 is 10.6 Å². The number of nitrogens with one attached hydrogen (secondary N) is 2. The fourth-order valence-corrected chi connectivity index (χ4v) is 3.00. The molecule has 0 spiro atoms. The molecule has 2 aromatic carbocycles. The first kappa shape index (κ1) is 17.8. The van der Waals surface area contributed by atoms with E-state index in [1.54, 1.807) is 31.2 Å². The first-order valence-electron chi connectivity index (χ1n) is 8.10. The van der Waals surface area contributed by atoms with Gasteiger partial charge in [0.25, 0.3) is 11.8 Å². The third-order valence-electron chi connectivity index (χ3n) is 3.75. The molecule has 0 aliphatic carbocycles. The fraction of sp³-hybridized carbons (Fsp3) is 0.158. The van der Waals surface area contributed by atoms with Crippen LogP contribution in [0.3, 0.4) is 0 Å². The van der Waals surface area contributed by atoms with Gasteiger partial charge in [0.05, 0.1) is 6.04 Å². The van der Waals surface area contributed by atoms with Crippen LogP contribution in [0.4, 0.5) is 5.69 Å². The van der Waals surface area contributed by atoms with Crippen molar-refractivity contribution in [1.82, 2.24) is 15.5 Å². The summed E-state index contributed by atoms with van der Waals surface area (Å²) in [6.45, 7) is 3.71. The Balaban J connectivity index is 1.68. The molecule has 0 fully saturated rings. The molecule has 3 aromatic rings. The quantitative estimate of drug-likeness (QED) is 0.723. The molecule has 6 nitrogen and oxygen atoms in total. The number of rotatable bonds is 5. The van der Waals surface area contributed by atoms with Gasteiger partial charge in [0.1, 0.15) is 5.01 Å². The Morgan fingerprint density at radius 1 is 1.00 bits per heavy atom. The monoisotopic (exact) mass is 366 g/mol. The van der Waals surface area contributed by atoms with E-state index in [2.05, 4.69) is 20.8 Å². The van der Waals surface area contributed by atoms with Crippen molar-refractivity contribution in [2.45, 2.75) is 19.9 Å². The molecule has 0 aliphatic rings. The topological polar surface area (TPSA) is 84.0 Å². The zero-order valence-electron chi connectivity index (χ0n) is 14.4. The lowest BCUT2D eigenvalue weighted by atomic mass is 10.1. The van der Waals surface area contributed by atoms with E-state index in [0.29, 0.717) is 11.3 Å². The second-order valence-electron chi connectivity index (χ2n) is 5.77. The van der Waals surface area contributed by atoms with Crippen molar-refractivity contribution in [3.05, 3.63) is 75.7 Å². The molecule has 7 heteroatoms. The number of anilines is 1. The van der Waals surface area contributed by atoms with Crippen LogP contribution in [0.1, 0.15) is 43.7 Å². The van der Waals surface area contributed by atoms with Crippen molar-refractivity contribution in [2.24, 2.45) is 0 Å². The van der Waals surface area contributed by atoms with E-state index < -0.39 is 0 Å². The third-order valence-corrected chi connectivity index (χ3v) is 4.59. The molecule has 0 saturated carbocycles. The smallest absolute Gasteiger partial charge is 0.286 e. The number of hydrogen-bond donors (Lipinski definition) is 2. The van der Waals surface area contributed by atoms with E-state index in [9.17, 15) is 9.59 Å². The maximum Gasteiger partial charge on any atom is 0.286 e. The number of amides is 2. The number of benzene rings is 2. The Kier molecular flexibility index (Phi) is 5.38. The van der Waals surface area contributed by atoms with Crippen LogP contribution in [0.25, 0.3) is 0 Å². The maximum absolute atomic E-state index is 12.5. The minimum Gasteiger partial charge on any atom is -0.346 e. The SMILES string of the molecule is Cc1nnc(C(=O)Nc2cccc(C(=O)N[C@@H](C)c3ccccc3)c2)s1. The molecule has 26 heavy (non-hydrogen) atoms. The highest BCUT2D eigenvalue weighted by Crippen LogP contribution is 2.16. The molecule has 0 unspecified atom stereocenters. The van der Waals surface area contributed by atoms with Gasteiger partial charge in [-0.15, -0.1) is 10.2 Å². The molecular weight excluding hydrogens is 348 g/mol. The number of carbonyl (C=O) groups is 2. The van der Waals surface area contributed by atoms with Crippen LogP contribution in [-0.2, 0) is 0 Å². The number of aryl methyl sites for hydroxylation is 1. The molecule has 1 heterocycles. The van der Waals surface area contributed by atoms with E-state index in [0.717, 1.165) is 10.6 Å². The van der Waals surface area contributed by atoms with Gasteiger partial charge in [0.15, 0.2) is 0 Å². The van der Waals surface area contributed by atoms with Crippen molar-refractivity contribution >= 4 is 28.8 Å². The Labute approximate surface area is 155 Å². The number of aromatic nitrogens is 2. The molecule has 0 bridgehead atoms. The lowest BCUT2D eigenvalue weighted by molar-refractivity contribution is 0.0938. The highest BCUT2D eigenvalue weighted by atomic mass is 32.1.